The number of ether oxygens (including phenoxy) is 2. The standard InChI is InChI=1S/C24H24BrNO4S/c1-4-15-6-9-17(10-7-15)18-14-31-23(22(18)24(28)29-3)26-21(27)13-30-20-11-8-16(5-2)12-19(20)25/h6-12,14H,4-5,13H2,1-3H3,(H,26,27). The molecule has 3 rings (SSSR count). The maximum absolute atomic E-state index is 12.5. The maximum atomic E-state index is 12.5. The highest BCUT2D eigenvalue weighted by Crippen LogP contribution is 2.36. The lowest BCUT2D eigenvalue weighted by molar-refractivity contribution is -0.118. The number of anilines is 1. The van der Waals surface area contributed by atoms with Gasteiger partial charge >= 0.3 is 5.97 Å². The van der Waals surface area contributed by atoms with Gasteiger partial charge in [-0.25, -0.2) is 4.79 Å². The fourth-order valence-electron chi connectivity index (χ4n) is 3.07. The van der Waals surface area contributed by atoms with Gasteiger partial charge in [0, 0.05) is 10.9 Å². The molecule has 0 radical (unpaired) electrons. The summed E-state index contributed by atoms with van der Waals surface area (Å²) in [6.07, 6.45) is 1.85. The molecule has 0 unspecified atom stereocenters. The molecule has 7 heteroatoms. The summed E-state index contributed by atoms with van der Waals surface area (Å²) in [5.41, 5.74) is 4.35. The van der Waals surface area contributed by atoms with Gasteiger partial charge in [0.25, 0.3) is 5.91 Å². The highest BCUT2D eigenvalue weighted by molar-refractivity contribution is 9.10. The summed E-state index contributed by atoms with van der Waals surface area (Å²) in [5.74, 6) is -0.264. The average molecular weight is 502 g/mol. The van der Waals surface area contributed by atoms with E-state index in [4.69, 9.17) is 9.47 Å². The quantitative estimate of drug-likeness (QED) is 0.378. The van der Waals surface area contributed by atoms with Gasteiger partial charge in [-0.2, -0.15) is 0 Å². The summed E-state index contributed by atoms with van der Waals surface area (Å²) < 4.78 is 11.4. The number of aryl methyl sites for hydroxylation is 2. The van der Waals surface area contributed by atoms with Crippen molar-refractivity contribution in [3.05, 3.63) is 69.0 Å². The van der Waals surface area contributed by atoms with E-state index in [1.807, 2.05) is 47.8 Å². The minimum absolute atomic E-state index is 0.177. The summed E-state index contributed by atoms with van der Waals surface area (Å²) in [7, 11) is 1.33. The minimum Gasteiger partial charge on any atom is -0.483 e. The number of benzene rings is 2. The highest BCUT2D eigenvalue weighted by atomic mass is 79.9. The van der Waals surface area contributed by atoms with Crippen molar-refractivity contribution in [2.75, 3.05) is 19.0 Å². The van der Waals surface area contributed by atoms with Crippen LogP contribution in [0.25, 0.3) is 11.1 Å². The maximum Gasteiger partial charge on any atom is 0.341 e. The summed E-state index contributed by atoms with van der Waals surface area (Å²) in [6.45, 7) is 3.98. The van der Waals surface area contributed by atoms with Gasteiger partial charge in [0.15, 0.2) is 6.61 Å². The number of carbonyl (C=O) groups is 2. The number of hydrogen-bond acceptors (Lipinski definition) is 5. The van der Waals surface area contributed by atoms with E-state index in [-0.39, 0.29) is 12.5 Å². The molecule has 0 saturated carbocycles. The molecule has 0 bridgehead atoms. The third kappa shape index (κ3) is 5.54. The Balaban J connectivity index is 1.76. The number of thiophene rings is 1. The molecule has 2 aromatic carbocycles. The number of halogens is 1. The van der Waals surface area contributed by atoms with Gasteiger partial charge in [-0.15, -0.1) is 11.3 Å². The summed E-state index contributed by atoms with van der Waals surface area (Å²) in [6, 6.07) is 13.8. The van der Waals surface area contributed by atoms with Crippen molar-refractivity contribution in [2.45, 2.75) is 26.7 Å². The molecule has 0 saturated heterocycles. The van der Waals surface area contributed by atoms with Crippen LogP contribution in [0.1, 0.15) is 35.3 Å². The van der Waals surface area contributed by atoms with Gasteiger partial charge in [0.1, 0.15) is 16.3 Å². The topological polar surface area (TPSA) is 64.6 Å². The zero-order valence-electron chi connectivity index (χ0n) is 17.7. The van der Waals surface area contributed by atoms with Gasteiger partial charge in [0.2, 0.25) is 0 Å². The molecule has 1 aromatic heterocycles. The number of amides is 1. The van der Waals surface area contributed by atoms with Gasteiger partial charge in [-0.3, -0.25) is 4.79 Å². The van der Waals surface area contributed by atoms with Gasteiger partial charge in [0.05, 0.1) is 11.6 Å². The smallest absolute Gasteiger partial charge is 0.341 e. The van der Waals surface area contributed by atoms with Crippen molar-refractivity contribution in [3.63, 3.8) is 0 Å². The fourth-order valence-corrected chi connectivity index (χ4v) is 4.59. The Morgan fingerprint density at radius 1 is 1.03 bits per heavy atom. The largest absolute Gasteiger partial charge is 0.483 e. The van der Waals surface area contributed by atoms with Crippen LogP contribution in [-0.4, -0.2) is 25.6 Å². The molecule has 0 spiro atoms. The van der Waals surface area contributed by atoms with E-state index in [1.54, 1.807) is 0 Å². The Hall–Kier alpha value is -2.64. The first-order chi connectivity index (χ1) is 15.0. The first-order valence-electron chi connectivity index (χ1n) is 9.97. The SMILES string of the molecule is CCc1ccc(-c2csc(NC(=O)COc3ccc(CC)cc3Br)c2C(=O)OC)cc1. The third-order valence-electron chi connectivity index (χ3n) is 4.87. The first-order valence-corrected chi connectivity index (χ1v) is 11.6. The van der Waals surface area contributed by atoms with Crippen molar-refractivity contribution in [2.24, 2.45) is 0 Å². The first kappa shape index (κ1) is 23.0. The number of methoxy groups -OCH3 is 1. The van der Waals surface area contributed by atoms with E-state index in [2.05, 4.69) is 35.1 Å². The van der Waals surface area contributed by atoms with Crippen molar-refractivity contribution in [3.8, 4) is 16.9 Å². The number of carbonyl (C=O) groups excluding carboxylic acids is 2. The zero-order valence-corrected chi connectivity index (χ0v) is 20.1. The molecule has 1 heterocycles. The average Bonchev–Trinajstić information content (AvgIpc) is 3.21. The normalized spacial score (nSPS) is 10.6. The Bertz CT molecular complexity index is 1080. The van der Waals surface area contributed by atoms with E-state index < -0.39 is 5.97 Å². The van der Waals surface area contributed by atoms with E-state index >= 15 is 0 Å². The lowest BCUT2D eigenvalue weighted by atomic mass is 10.0. The lowest BCUT2D eigenvalue weighted by Gasteiger charge is -2.10. The molecular formula is C24H24BrNO4S. The van der Waals surface area contributed by atoms with Crippen molar-refractivity contribution < 1.29 is 19.1 Å². The predicted octanol–water partition coefficient (Wildman–Crippen LogP) is 6.11. The molecule has 0 aliphatic rings. The van der Waals surface area contributed by atoms with Crippen LogP contribution in [0.5, 0.6) is 5.75 Å². The van der Waals surface area contributed by atoms with E-state index in [9.17, 15) is 9.59 Å². The molecule has 0 atom stereocenters. The van der Waals surface area contributed by atoms with Crippen LogP contribution in [0.15, 0.2) is 52.3 Å². The van der Waals surface area contributed by atoms with Crippen LogP contribution < -0.4 is 10.1 Å². The molecule has 0 fully saturated rings. The molecule has 1 amide bonds. The highest BCUT2D eigenvalue weighted by Gasteiger charge is 2.22. The van der Waals surface area contributed by atoms with E-state index in [0.717, 1.165) is 28.4 Å². The number of nitrogens with one attached hydrogen (secondary N) is 1. The van der Waals surface area contributed by atoms with Crippen LogP contribution in [0.2, 0.25) is 0 Å². The van der Waals surface area contributed by atoms with Crippen LogP contribution >= 0.6 is 27.3 Å². The fraction of sp³-hybridized carbons (Fsp3) is 0.250. The molecule has 3 aromatic rings. The molecule has 0 aliphatic carbocycles. The second-order valence-electron chi connectivity index (χ2n) is 6.85. The van der Waals surface area contributed by atoms with Crippen LogP contribution in [-0.2, 0) is 22.4 Å². The van der Waals surface area contributed by atoms with Crippen LogP contribution in [0.3, 0.4) is 0 Å². The Morgan fingerprint density at radius 3 is 2.32 bits per heavy atom. The minimum atomic E-state index is -0.495. The number of esters is 1. The second kappa shape index (κ2) is 10.6. The Labute approximate surface area is 194 Å². The van der Waals surface area contributed by atoms with Crippen molar-refractivity contribution >= 4 is 44.1 Å². The van der Waals surface area contributed by atoms with Gasteiger partial charge in [-0.05, 0) is 57.6 Å². The summed E-state index contributed by atoms with van der Waals surface area (Å²) in [4.78, 5) is 25.0. The summed E-state index contributed by atoms with van der Waals surface area (Å²) >= 11 is 4.75. The third-order valence-corrected chi connectivity index (χ3v) is 6.39. The van der Waals surface area contributed by atoms with Gasteiger partial charge in [-0.1, -0.05) is 44.2 Å². The van der Waals surface area contributed by atoms with Crippen molar-refractivity contribution in [1.29, 1.82) is 0 Å². The molecule has 0 aliphatic heterocycles. The molecule has 5 nitrogen and oxygen atoms in total. The number of hydrogen-bond donors (Lipinski definition) is 1. The second-order valence-corrected chi connectivity index (χ2v) is 8.58. The molecule has 1 N–H and O–H groups in total. The summed E-state index contributed by atoms with van der Waals surface area (Å²) in [5, 5.41) is 5.08. The van der Waals surface area contributed by atoms with Crippen molar-refractivity contribution in [1.82, 2.24) is 0 Å². The van der Waals surface area contributed by atoms with E-state index in [1.165, 1.54) is 29.6 Å². The van der Waals surface area contributed by atoms with Crippen LogP contribution in [0, 0.1) is 0 Å². The monoisotopic (exact) mass is 501 g/mol. The molecule has 31 heavy (non-hydrogen) atoms. The molecular weight excluding hydrogens is 478 g/mol. The molecule has 162 valence electrons. The Morgan fingerprint density at radius 2 is 1.71 bits per heavy atom. The van der Waals surface area contributed by atoms with Crippen LogP contribution in [0.4, 0.5) is 5.00 Å². The van der Waals surface area contributed by atoms with Gasteiger partial charge < -0.3 is 14.8 Å². The Kier molecular flexibility index (Phi) is 7.87. The predicted molar refractivity (Wildman–Crippen MR) is 128 cm³/mol. The zero-order chi connectivity index (χ0) is 22.4. The van der Waals surface area contributed by atoms with E-state index in [0.29, 0.717) is 16.3 Å². The number of rotatable bonds is 8. The lowest BCUT2D eigenvalue weighted by Crippen LogP contribution is -2.21.